The van der Waals surface area contributed by atoms with Crippen LogP contribution in [0, 0.1) is 0 Å². The number of nitrogens with zero attached hydrogens (tertiary/aromatic N) is 1. The quantitative estimate of drug-likeness (QED) is 0.207. The highest BCUT2D eigenvalue weighted by molar-refractivity contribution is 6.15. The number of hydrogen-bond donors (Lipinski definition) is 0. The lowest BCUT2D eigenvalue weighted by Gasteiger charge is -2.29. The van der Waals surface area contributed by atoms with Gasteiger partial charge in [-0.3, -0.25) is 0 Å². The van der Waals surface area contributed by atoms with Gasteiger partial charge < -0.3 is 9.32 Å². The second-order valence-corrected chi connectivity index (χ2v) is 12.6. The molecular weight excluding hydrogens is 546 g/mol. The molecule has 2 nitrogen and oxygen atoms in total. The Labute approximate surface area is 262 Å². The van der Waals surface area contributed by atoms with E-state index in [4.69, 9.17) is 4.42 Å². The number of benzene rings is 7. The van der Waals surface area contributed by atoms with Gasteiger partial charge in [-0.1, -0.05) is 117 Å². The van der Waals surface area contributed by atoms with Gasteiger partial charge in [0.1, 0.15) is 11.2 Å². The molecule has 0 bridgehead atoms. The average molecular weight is 578 g/mol. The molecule has 7 aromatic carbocycles. The van der Waals surface area contributed by atoms with E-state index in [0.717, 1.165) is 49.8 Å². The number of para-hydroxylation sites is 2. The van der Waals surface area contributed by atoms with Crippen molar-refractivity contribution in [3.8, 4) is 22.3 Å². The van der Waals surface area contributed by atoms with Crippen LogP contribution in [0.25, 0.3) is 55.0 Å². The van der Waals surface area contributed by atoms with Crippen molar-refractivity contribution in [1.29, 1.82) is 0 Å². The first-order valence-electron chi connectivity index (χ1n) is 15.6. The first kappa shape index (κ1) is 25.9. The molecule has 2 heteroatoms. The highest BCUT2D eigenvalue weighted by atomic mass is 16.3. The Morgan fingerprint density at radius 1 is 0.489 bits per heavy atom. The smallest absolute Gasteiger partial charge is 0.143 e. The van der Waals surface area contributed by atoms with Crippen LogP contribution in [0.15, 0.2) is 156 Å². The van der Waals surface area contributed by atoms with E-state index >= 15 is 0 Å². The summed E-state index contributed by atoms with van der Waals surface area (Å²) in [6.45, 7) is 4.67. The molecule has 0 amide bonds. The maximum atomic E-state index is 6.40. The SMILES string of the molecule is CC1(C)c2ccccc2-c2cc(N(c3ccc4c(ccc5c6ccccc6oc45)c3)c3ccccc3-c3ccccc3)ccc21. The number of anilines is 3. The molecule has 0 unspecified atom stereocenters. The third-order valence-electron chi connectivity index (χ3n) is 9.66. The van der Waals surface area contributed by atoms with E-state index in [1.807, 2.05) is 12.1 Å². The normalized spacial score (nSPS) is 13.3. The standard InChI is InChI=1S/C43H31NO/c1-43(2)38-17-9-6-15-34(38)37-27-31(22-25-39(37)43)44(40-18-10-7-14-32(40)28-12-4-3-5-13-28)30-21-24-33-29(26-30)20-23-36-35-16-8-11-19-41(35)45-42(33)36/h3-27H,1-2H3. The molecule has 0 N–H and O–H groups in total. The predicted molar refractivity (Wildman–Crippen MR) is 189 cm³/mol. The van der Waals surface area contributed by atoms with Crippen LogP contribution >= 0.6 is 0 Å². The minimum Gasteiger partial charge on any atom is -0.455 e. The Bertz CT molecular complexity index is 2410. The molecule has 45 heavy (non-hydrogen) atoms. The molecule has 0 spiro atoms. The van der Waals surface area contributed by atoms with Gasteiger partial charge in [0, 0.05) is 38.5 Å². The Morgan fingerprint density at radius 2 is 1.16 bits per heavy atom. The van der Waals surface area contributed by atoms with E-state index in [1.54, 1.807) is 0 Å². The summed E-state index contributed by atoms with van der Waals surface area (Å²) in [5.41, 5.74) is 12.9. The van der Waals surface area contributed by atoms with Crippen molar-refractivity contribution in [2.75, 3.05) is 4.90 Å². The summed E-state index contributed by atoms with van der Waals surface area (Å²) in [7, 11) is 0. The van der Waals surface area contributed by atoms with Gasteiger partial charge in [-0.25, -0.2) is 0 Å². The molecule has 1 aromatic heterocycles. The van der Waals surface area contributed by atoms with Gasteiger partial charge in [0.2, 0.25) is 0 Å². The van der Waals surface area contributed by atoms with Gasteiger partial charge in [0.05, 0.1) is 5.69 Å². The predicted octanol–water partition coefficient (Wildman–Crippen LogP) is 12.2. The van der Waals surface area contributed by atoms with E-state index in [-0.39, 0.29) is 5.41 Å². The Kier molecular flexibility index (Phi) is 5.58. The molecule has 0 aliphatic heterocycles. The number of rotatable bonds is 4. The second-order valence-electron chi connectivity index (χ2n) is 12.6. The van der Waals surface area contributed by atoms with Crippen molar-refractivity contribution in [1.82, 2.24) is 0 Å². The van der Waals surface area contributed by atoms with Crippen molar-refractivity contribution in [3.05, 3.63) is 163 Å². The Hall–Kier alpha value is -5.60. The van der Waals surface area contributed by atoms with Gasteiger partial charge >= 0.3 is 0 Å². The highest BCUT2D eigenvalue weighted by Crippen LogP contribution is 2.51. The van der Waals surface area contributed by atoms with Crippen LogP contribution in [0.4, 0.5) is 17.1 Å². The van der Waals surface area contributed by atoms with Gasteiger partial charge in [0.15, 0.2) is 0 Å². The zero-order valence-electron chi connectivity index (χ0n) is 25.3. The molecule has 0 fully saturated rings. The number of hydrogen-bond acceptors (Lipinski definition) is 2. The lowest BCUT2D eigenvalue weighted by atomic mass is 9.82. The molecule has 8 aromatic rings. The Morgan fingerprint density at radius 3 is 2.04 bits per heavy atom. The fourth-order valence-electron chi connectivity index (χ4n) is 7.44. The van der Waals surface area contributed by atoms with Crippen LogP contribution in [0.1, 0.15) is 25.0 Å². The van der Waals surface area contributed by atoms with Crippen molar-refractivity contribution in [2.45, 2.75) is 19.3 Å². The summed E-state index contributed by atoms with van der Waals surface area (Å²) >= 11 is 0. The summed E-state index contributed by atoms with van der Waals surface area (Å²) in [4.78, 5) is 2.42. The summed E-state index contributed by atoms with van der Waals surface area (Å²) in [6, 6.07) is 54.7. The highest BCUT2D eigenvalue weighted by Gasteiger charge is 2.35. The van der Waals surface area contributed by atoms with E-state index in [0.29, 0.717) is 0 Å². The van der Waals surface area contributed by atoms with Crippen molar-refractivity contribution in [3.63, 3.8) is 0 Å². The number of fused-ring (bicyclic) bond motifs is 8. The third kappa shape index (κ3) is 3.89. The fourth-order valence-corrected chi connectivity index (χ4v) is 7.44. The van der Waals surface area contributed by atoms with Crippen LogP contribution in [0.5, 0.6) is 0 Å². The van der Waals surface area contributed by atoms with E-state index < -0.39 is 0 Å². The van der Waals surface area contributed by atoms with E-state index in [1.165, 1.54) is 33.4 Å². The first-order chi connectivity index (χ1) is 22.1. The van der Waals surface area contributed by atoms with E-state index in [2.05, 4.69) is 158 Å². The number of furan rings is 1. The van der Waals surface area contributed by atoms with Gasteiger partial charge in [-0.05, 0) is 81.7 Å². The van der Waals surface area contributed by atoms with Gasteiger partial charge in [0.25, 0.3) is 0 Å². The van der Waals surface area contributed by atoms with Crippen LogP contribution in [-0.2, 0) is 5.41 Å². The summed E-state index contributed by atoms with van der Waals surface area (Å²) in [5.74, 6) is 0. The molecule has 0 radical (unpaired) electrons. The summed E-state index contributed by atoms with van der Waals surface area (Å²) in [6.07, 6.45) is 0. The average Bonchev–Trinajstić information content (AvgIpc) is 3.58. The maximum absolute atomic E-state index is 6.40. The summed E-state index contributed by atoms with van der Waals surface area (Å²) in [5, 5.41) is 4.57. The monoisotopic (exact) mass is 577 g/mol. The van der Waals surface area contributed by atoms with Gasteiger partial charge in [-0.15, -0.1) is 0 Å². The molecule has 0 saturated heterocycles. The summed E-state index contributed by atoms with van der Waals surface area (Å²) < 4.78 is 6.40. The molecule has 9 rings (SSSR count). The topological polar surface area (TPSA) is 16.4 Å². The van der Waals surface area contributed by atoms with Crippen molar-refractivity contribution in [2.24, 2.45) is 0 Å². The zero-order valence-corrected chi connectivity index (χ0v) is 25.3. The molecule has 1 heterocycles. The minimum absolute atomic E-state index is 0.0435. The maximum Gasteiger partial charge on any atom is 0.143 e. The largest absolute Gasteiger partial charge is 0.455 e. The second kappa shape index (κ2) is 9.70. The molecule has 214 valence electrons. The van der Waals surface area contributed by atoms with E-state index in [9.17, 15) is 0 Å². The zero-order chi connectivity index (χ0) is 30.1. The van der Waals surface area contributed by atoms with Gasteiger partial charge in [-0.2, -0.15) is 0 Å². The third-order valence-corrected chi connectivity index (χ3v) is 9.66. The van der Waals surface area contributed by atoms with Crippen LogP contribution < -0.4 is 4.90 Å². The van der Waals surface area contributed by atoms with Crippen LogP contribution in [-0.4, -0.2) is 0 Å². The van der Waals surface area contributed by atoms with Crippen LogP contribution in [0.3, 0.4) is 0 Å². The minimum atomic E-state index is -0.0435. The van der Waals surface area contributed by atoms with Crippen molar-refractivity contribution >= 4 is 49.8 Å². The first-order valence-corrected chi connectivity index (χ1v) is 15.6. The lowest BCUT2D eigenvalue weighted by Crippen LogP contribution is -2.15. The lowest BCUT2D eigenvalue weighted by molar-refractivity contribution is 0.660. The molecule has 1 aliphatic rings. The molecular formula is C43H31NO. The fraction of sp³-hybridized carbons (Fsp3) is 0.0698. The van der Waals surface area contributed by atoms with Crippen molar-refractivity contribution < 1.29 is 4.42 Å². The molecule has 0 atom stereocenters. The molecule has 0 saturated carbocycles. The van der Waals surface area contributed by atoms with Crippen LogP contribution in [0.2, 0.25) is 0 Å². The Balaban J connectivity index is 1.29. The molecule has 1 aliphatic carbocycles.